The van der Waals surface area contributed by atoms with Gasteiger partial charge in [0.2, 0.25) is 0 Å². The third-order valence-electron chi connectivity index (χ3n) is 2.72. The van der Waals surface area contributed by atoms with Gasteiger partial charge >= 0.3 is 0 Å². The maximum atomic E-state index is 9.94. The molecular formula is C14H22ClN3O. The second-order valence-electron chi connectivity index (χ2n) is 4.90. The first-order valence-electron chi connectivity index (χ1n) is 6.46. The summed E-state index contributed by atoms with van der Waals surface area (Å²) in [5, 5.41) is 13.6. The highest BCUT2D eigenvalue weighted by Gasteiger charge is 2.06. The average Bonchev–Trinajstić information content (AvgIpc) is 2.36. The molecule has 5 heteroatoms. The third kappa shape index (κ3) is 6.45. The fraction of sp³-hybridized carbons (Fsp3) is 0.500. The number of aliphatic hydroxyl groups excluding tert-OH is 1. The molecule has 0 aliphatic rings. The van der Waals surface area contributed by atoms with Gasteiger partial charge in [0.05, 0.1) is 12.6 Å². The molecule has 0 aromatic heterocycles. The van der Waals surface area contributed by atoms with Crippen molar-refractivity contribution < 1.29 is 5.11 Å². The first-order chi connectivity index (χ1) is 8.99. The Morgan fingerprint density at radius 3 is 2.58 bits per heavy atom. The highest BCUT2D eigenvalue weighted by molar-refractivity contribution is 6.30. The molecule has 0 aliphatic carbocycles. The zero-order valence-corrected chi connectivity index (χ0v) is 12.2. The number of hydrogen-bond donors (Lipinski definition) is 3. The Balaban J connectivity index is 2.39. The Morgan fingerprint density at radius 1 is 1.37 bits per heavy atom. The predicted molar refractivity (Wildman–Crippen MR) is 80.4 cm³/mol. The molecule has 0 spiro atoms. The van der Waals surface area contributed by atoms with Crippen molar-refractivity contribution in [1.29, 1.82) is 0 Å². The Labute approximate surface area is 119 Å². The van der Waals surface area contributed by atoms with E-state index in [-0.39, 0.29) is 6.54 Å². The van der Waals surface area contributed by atoms with E-state index in [0.717, 1.165) is 18.5 Å². The number of aliphatic hydroxyl groups is 1. The van der Waals surface area contributed by atoms with Crippen molar-refractivity contribution >= 4 is 17.6 Å². The smallest absolute Gasteiger partial charge is 0.188 e. The number of hydrogen-bond acceptors (Lipinski definition) is 2. The predicted octanol–water partition coefficient (Wildman–Crippen LogP) is 2.32. The van der Waals surface area contributed by atoms with Crippen molar-refractivity contribution in [2.75, 3.05) is 13.1 Å². The number of rotatable bonds is 6. The summed E-state index contributed by atoms with van der Waals surface area (Å²) in [4.78, 5) is 4.12. The average molecular weight is 284 g/mol. The van der Waals surface area contributed by atoms with E-state index in [0.29, 0.717) is 16.9 Å². The minimum absolute atomic E-state index is 0.238. The molecule has 1 atom stereocenters. The van der Waals surface area contributed by atoms with Crippen molar-refractivity contribution in [2.24, 2.45) is 16.6 Å². The molecule has 0 bridgehead atoms. The fourth-order valence-electron chi connectivity index (χ4n) is 1.52. The van der Waals surface area contributed by atoms with E-state index >= 15 is 0 Å². The van der Waals surface area contributed by atoms with E-state index in [1.165, 1.54) is 0 Å². The zero-order valence-electron chi connectivity index (χ0n) is 11.4. The van der Waals surface area contributed by atoms with Crippen LogP contribution in [0.5, 0.6) is 0 Å². The van der Waals surface area contributed by atoms with Gasteiger partial charge in [-0.15, -0.1) is 0 Å². The SMILES string of the molecule is CC(C)CCNC(N)=NCC(O)c1ccc(Cl)cc1. The molecule has 4 N–H and O–H groups in total. The number of nitrogens with one attached hydrogen (secondary N) is 1. The van der Waals surface area contributed by atoms with Gasteiger partial charge in [0.25, 0.3) is 0 Å². The molecule has 0 fully saturated rings. The van der Waals surface area contributed by atoms with Crippen LogP contribution in [0.3, 0.4) is 0 Å². The van der Waals surface area contributed by atoms with Crippen LogP contribution in [0.25, 0.3) is 0 Å². The van der Waals surface area contributed by atoms with Gasteiger partial charge in [0, 0.05) is 11.6 Å². The van der Waals surface area contributed by atoms with Crippen LogP contribution >= 0.6 is 11.6 Å². The minimum Gasteiger partial charge on any atom is -0.386 e. The standard InChI is InChI=1S/C14H22ClN3O/c1-10(2)7-8-17-14(16)18-9-13(19)11-3-5-12(15)6-4-11/h3-6,10,13,19H,7-9H2,1-2H3,(H3,16,17,18). The van der Waals surface area contributed by atoms with Crippen molar-refractivity contribution in [3.8, 4) is 0 Å². The molecule has 0 amide bonds. The summed E-state index contributed by atoms with van der Waals surface area (Å²) >= 11 is 5.79. The van der Waals surface area contributed by atoms with Crippen LogP contribution in [0, 0.1) is 5.92 Å². The largest absolute Gasteiger partial charge is 0.386 e. The molecule has 0 heterocycles. The molecule has 1 aromatic carbocycles. The van der Waals surface area contributed by atoms with Crippen molar-refractivity contribution in [3.05, 3.63) is 34.9 Å². The van der Waals surface area contributed by atoms with Crippen LogP contribution in [0.2, 0.25) is 5.02 Å². The van der Waals surface area contributed by atoms with Crippen LogP contribution in [0.4, 0.5) is 0 Å². The minimum atomic E-state index is -0.664. The molecular weight excluding hydrogens is 262 g/mol. The number of aliphatic imine (C=N–C) groups is 1. The molecule has 1 unspecified atom stereocenters. The Hall–Kier alpha value is -1.26. The van der Waals surface area contributed by atoms with Gasteiger partial charge in [-0.05, 0) is 30.0 Å². The summed E-state index contributed by atoms with van der Waals surface area (Å²) < 4.78 is 0. The topological polar surface area (TPSA) is 70.6 Å². The lowest BCUT2D eigenvalue weighted by Gasteiger charge is -2.10. The first-order valence-corrected chi connectivity index (χ1v) is 6.84. The van der Waals surface area contributed by atoms with Crippen LogP contribution in [-0.2, 0) is 0 Å². The number of nitrogens with two attached hydrogens (primary N) is 1. The monoisotopic (exact) mass is 283 g/mol. The highest BCUT2D eigenvalue weighted by Crippen LogP contribution is 2.16. The maximum absolute atomic E-state index is 9.94. The van der Waals surface area contributed by atoms with Crippen molar-refractivity contribution in [3.63, 3.8) is 0 Å². The fourth-order valence-corrected chi connectivity index (χ4v) is 1.65. The van der Waals surface area contributed by atoms with E-state index in [1.54, 1.807) is 24.3 Å². The summed E-state index contributed by atoms with van der Waals surface area (Å²) in [6.07, 6.45) is 0.374. The molecule has 1 rings (SSSR count). The lowest BCUT2D eigenvalue weighted by atomic mass is 10.1. The molecule has 106 valence electrons. The van der Waals surface area contributed by atoms with Crippen LogP contribution < -0.4 is 11.1 Å². The Kier molecular flexibility index (Phi) is 6.67. The highest BCUT2D eigenvalue weighted by atomic mass is 35.5. The lowest BCUT2D eigenvalue weighted by molar-refractivity contribution is 0.187. The summed E-state index contributed by atoms with van der Waals surface area (Å²) in [5.41, 5.74) is 6.50. The molecule has 0 saturated carbocycles. The molecule has 4 nitrogen and oxygen atoms in total. The molecule has 1 aromatic rings. The van der Waals surface area contributed by atoms with Gasteiger partial charge in [0.1, 0.15) is 0 Å². The van der Waals surface area contributed by atoms with Gasteiger partial charge in [-0.2, -0.15) is 0 Å². The second kappa shape index (κ2) is 8.02. The molecule has 0 saturated heterocycles. The molecule has 0 radical (unpaired) electrons. The zero-order chi connectivity index (χ0) is 14.3. The van der Waals surface area contributed by atoms with Gasteiger partial charge in [0.15, 0.2) is 5.96 Å². The van der Waals surface area contributed by atoms with E-state index in [9.17, 15) is 5.11 Å². The van der Waals surface area contributed by atoms with Crippen molar-refractivity contribution in [2.45, 2.75) is 26.4 Å². The summed E-state index contributed by atoms with van der Waals surface area (Å²) in [5.74, 6) is 0.994. The molecule has 0 aliphatic heterocycles. The summed E-state index contributed by atoms with van der Waals surface area (Å²) in [6, 6.07) is 7.05. The maximum Gasteiger partial charge on any atom is 0.188 e. The second-order valence-corrected chi connectivity index (χ2v) is 5.34. The summed E-state index contributed by atoms with van der Waals surface area (Å²) in [6.45, 7) is 5.34. The summed E-state index contributed by atoms with van der Waals surface area (Å²) in [7, 11) is 0. The van der Waals surface area contributed by atoms with E-state index in [1.807, 2.05) is 0 Å². The normalized spacial score (nSPS) is 13.6. The first kappa shape index (κ1) is 15.8. The Bertz CT molecular complexity index is 404. The van der Waals surface area contributed by atoms with E-state index in [2.05, 4.69) is 24.2 Å². The van der Waals surface area contributed by atoms with E-state index in [4.69, 9.17) is 17.3 Å². The number of guanidine groups is 1. The van der Waals surface area contributed by atoms with E-state index < -0.39 is 6.10 Å². The van der Waals surface area contributed by atoms with Gasteiger partial charge in [-0.1, -0.05) is 37.6 Å². The van der Waals surface area contributed by atoms with Gasteiger partial charge in [-0.25, -0.2) is 0 Å². The van der Waals surface area contributed by atoms with Crippen LogP contribution in [-0.4, -0.2) is 24.2 Å². The third-order valence-corrected chi connectivity index (χ3v) is 2.97. The Morgan fingerprint density at radius 2 is 2.00 bits per heavy atom. The lowest BCUT2D eigenvalue weighted by Crippen LogP contribution is -2.33. The van der Waals surface area contributed by atoms with Gasteiger partial charge < -0.3 is 16.2 Å². The van der Waals surface area contributed by atoms with Crippen LogP contribution in [0.1, 0.15) is 31.9 Å². The quantitative estimate of drug-likeness (QED) is 0.554. The van der Waals surface area contributed by atoms with Crippen LogP contribution in [0.15, 0.2) is 29.3 Å². The number of benzene rings is 1. The molecule has 19 heavy (non-hydrogen) atoms. The number of halogens is 1. The number of nitrogens with zero attached hydrogens (tertiary/aromatic N) is 1. The van der Waals surface area contributed by atoms with Gasteiger partial charge in [-0.3, -0.25) is 4.99 Å². The van der Waals surface area contributed by atoms with Crippen molar-refractivity contribution in [1.82, 2.24) is 5.32 Å².